The molecule has 2 rings (SSSR count). The molecule has 2 fully saturated rings. The van der Waals surface area contributed by atoms with Gasteiger partial charge in [0.1, 0.15) is 18.4 Å². The van der Waals surface area contributed by atoms with E-state index in [2.05, 4.69) is 0 Å². The lowest BCUT2D eigenvalue weighted by molar-refractivity contribution is -0.174. The first-order valence-electron chi connectivity index (χ1n) is 8.62. The Labute approximate surface area is 151 Å². The van der Waals surface area contributed by atoms with Crippen LogP contribution in [0.1, 0.15) is 27.7 Å². The van der Waals surface area contributed by atoms with Gasteiger partial charge < -0.3 is 24.4 Å². The van der Waals surface area contributed by atoms with Crippen molar-refractivity contribution in [3.63, 3.8) is 0 Å². The zero-order valence-electron chi connectivity index (χ0n) is 15.0. The topological polar surface area (TPSA) is 106 Å². The highest BCUT2D eigenvalue weighted by Crippen LogP contribution is 2.43. The van der Waals surface area contributed by atoms with Crippen LogP contribution in [0.3, 0.4) is 0 Å². The first-order chi connectivity index (χ1) is 11.9. The van der Waals surface area contributed by atoms with Crippen LogP contribution in [0.4, 0.5) is 0 Å². The van der Waals surface area contributed by atoms with Crippen molar-refractivity contribution >= 4 is 23.7 Å². The number of hydrogen-bond donors (Lipinski definition) is 2. The number of fused-ring (bicyclic) bond motifs is 1. The maximum atomic E-state index is 12.4. The Balaban J connectivity index is 2.35. The van der Waals surface area contributed by atoms with Crippen LogP contribution in [-0.2, 0) is 23.8 Å². The maximum Gasteiger partial charge on any atom is 0.324 e. The van der Waals surface area contributed by atoms with Crippen molar-refractivity contribution in [1.82, 2.24) is 4.90 Å². The summed E-state index contributed by atoms with van der Waals surface area (Å²) < 4.78 is 15.9. The molecule has 0 aromatic rings. The summed E-state index contributed by atoms with van der Waals surface area (Å²) >= 11 is 1.43. The molecule has 0 spiro atoms. The van der Waals surface area contributed by atoms with E-state index in [1.165, 1.54) is 11.8 Å². The third kappa shape index (κ3) is 3.80. The Kier molecular flexibility index (Phi) is 7.10. The summed E-state index contributed by atoms with van der Waals surface area (Å²) in [6.45, 7) is 7.23. The van der Waals surface area contributed by atoms with Gasteiger partial charge in [0.25, 0.3) is 0 Å². The smallest absolute Gasteiger partial charge is 0.324 e. The number of carbonyl (C=O) groups is 2. The Morgan fingerprint density at radius 1 is 1.12 bits per heavy atom. The molecule has 8 nitrogen and oxygen atoms in total. The van der Waals surface area contributed by atoms with Gasteiger partial charge in [0.15, 0.2) is 5.92 Å². The number of thioether (sulfide) groups is 1. The zero-order valence-corrected chi connectivity index (χ0v) is 15.8. The van der Waals surface area contributed by atoms with Crippen molar-refractivity contribution in [2.45, 2.75) is 63.7 Å². The van der Waals surface area contributed by atoms with Crippen molar-refractivity contribution in [2.24, 2.45) is 5.92 Å². The van der Waals surface area contributed by atoms with Crippen LogP contribution >= 0.6 is 11.8 Å². The fourth-order valence-corrected chi connectivity index (χ4v) is 4.63. The summed E-state index contributed by atoms with van der Waals surface area (Å²) in [5, 5.41) is 20.3. The van der Waals surface area contributed by atoms with E-state index in [0.717, 1.165) is 0 Å². The van der Waals surface area contributed by atoms with Crippen molar-refractivity contribution < 1.29 is 34.0 Å². The van der Waals surface area contributed by atoms with Gasteiger partial charge in [-0.1, -0.05) is 6.92 Å². The number of aliphatic hydroxyl groups is 2. The van der Waals surface area contributed by atoms with Crippen LogP contribution in [0.25, 0.3) is 0 Å². The second kappa shape index (κ2) is 8.68. The fourth-order valence-electron chi connectivity index (χ4n) is 3.50. The first kappa shape index (κ1) is 20.4. The second-order valence-corrected chi connectivity index (χ2v) is 7.37. The Morgan fingerprint density at radius 2 is 1.68 bits per heavy atom. The first-order valence-corrected chi connectivity index (χ1v) is 9.67. The molecule has 0 aromatic carbocycles. The van der Waals surface area contributed by atoms with Gasteiger partial charge in [-0.3, -0.25) is 14.5 Å². The molecule has 0 amide bonds. The van der Waals surface area contributed by atoms with Crippen LogP contribution in [0.2, 0.25) is 0 Å². The van der Waals surface area contributed by atoms with Crippen LogP contribution in [0.15, 0.2) is 0 Å². The van der Waals surface area contributed by atoms with Gasteiger partial charge in [0, 0.05) is 0 Å². The normalized spacial score (nSPS) is 35.0. The highest BCUT2D eigenvalue weighted by atomic mass is 32.2. The summed E-state index contributed by atoms with van der Waals surface area (Å²) in [5.74, 6) is -2.04. The Bertz CT molecular complexity index is 473. The van der Waals surface area contributed by atoms with Crippen LogP contribution in [-0.4, -0.2) is 82.0 Å². The standard InChI is InChI=1S/C16H27NO7S/c1-5-22-15(20)9(16(21)23-6-2)13-17-10(8(4)24-13)11(18)12(19)14(17)25-7-3/h8-14,18-19H,5-7H2,1-4H3/t8-,10+,11+,12+,13+,14+/m0/s1. The van der Waals surface area contributed by atoms with E-state index in [9.17, 15) is 19.8 Å². The highest BCUT2D eigenvalue weighted by molar-refractivity contribution is 7.99. The van der Waals surface area contributed by atoms with Crippen molar-refractivity contribution in [2.75, 3.05) is 19.0 Å². The Hall–Kier alpha value is -0.870. The average Bonchev–Trinajstić information content (AvgIpc) is 3.00. The number of esters is 2. The molecule has 2 saturated heterocycles. The fraction of sp³-hybridized carbons (Fsp3) is 0.875. The minimum Gasteiger partial charge on any atom is -0.465 e. The maximum absolute atomic E-state index is 12.4. The molecular formula is C16H27NO7S. The van der Waals surface area contributed by atoms with Crippen LogP contribution in [0, 0.1) is 5.92 Å². The van der Waals surface area contributed by atoms with Gasteiger partial charge in [0.2, 0.25) is 0 Å². The number of aliphatic hydroxyl groups excluding tert-OH is 2. The largest absolute Gasteiger partial charge is 0.465 e. The third-order valence-electron chi connectivity index (χ3n) is 4.46. The lowest BCUT2D eigenvalue weighted by Gasteiger charge is -2.31. The molecule has 0 aliphatic carbocycles. The minimum atomic E-state index is -1.29. The van der Waals surface area contributed by atoms with Gasteiger partial charge in [-0.05, 0) is 26.5 Å². The molecule has 0 bridgehead atoms. The molecule has 144 valence electrons. The lowest BCUT2D eigenvalue weighted by atomic mass is 10.1. The van der Waals surface area contributed by atoms with Gasteiger partial charge >= 0.3 is 11.9 Å². The van der Waals surface area contributed by atoms with E-state index in [1.54, 1.807) is 25.7 Å². The van der Waals surface area contributed by atoms with E-state index in [1.807, 2.05) is 6.92 Å². The predicted molar refractivity (Wildman–Crippen MR) is 90.7 cm³/mol. The number of rotatable bonds is 7. The molecule has 2 aliphatic rings. The van der Waals surface area contributed by atoms with Gasteiger partial charge in [-0.15, -0.1) is 11.8 Å². The summed E-state index contributed by atoms with van der Waals surface area (Å²) in [7, 11) is 0. The Morgan fingerprint density at radius 3 is 2.16 bits per heavy atom. The predicted octanol–water partition coefficient (Wildman–Crippen LogP) is -0.0412. The second-order valence-electron chi connectivity index (χ2n) is 5.98. The van der Waals surface area contributed by atoms with Crippen molar-refractivity contribution in [3.8, 4) is 0 Å². The van der Waals surface area contributed by atoms with E-state index in [4.69, 9.17) is 14.2 Å². The molecule has 25 heavy (non-hydrogen) atoms. The van der Waals surface area contributed by atoms with E-state index < -0.39 is 53.8 Å². The van der Waals surface area contributed by atoms with E-state index in [0.29, 0.717) is 5.75 Å². The SMILES string of the molecule is CCOC(=O)C(C(=O)OCC)[C@H]1O[C@@H](C)[C@@H]2[C@@H](O)[C@@H](O)[C@@H](SCC)N21. The molecule has 2 heterocycles. The van der Waals surface area contributed by atoms with Crippen molar-refractivity contribution in [1.29, 1.82) is 0 Å². The van der Waals surface area contributed by atoms with Gasteiger partial charge in [-0.2, -0.15) is 0 Å². The molecule has 9 heteroatoms. The molecule has 2 N–H and O–H groups in total. The lowest BCUT2D eigenvalue weighted by Crippen LogP contribution is -2.49. The summed E-state index contributed by atoms with van der Waals surface area (Å²) in [5.41, 5.74) is 0. The third-order valence-corrected chi connectivity index (χ3v) is 5.66. The quantitative estimate of drug-likeness (QED) is 0.467. The molecule has 6 atom stereocenters. The molecule has 0 saturated carbocycles. The summed E-state index contributed by atoms with van der Waals surface area (Å²) in [6, 6.07) is -0.504. The summed E-state index contributed by atoms with van der Waals surface area (Å²) in [4.78, 5) is 26.5. The average molecular weight is 377 g/mol. The number of carbonyl (C=O) groups excluding carboxylic acids is 2. The zero-order chi connectivity index (χ0) is 18.7. The molecule has 0 aromatic heterocycles. The van der Waals surface area contributed by atoms with E-state index in [-0.39, 0.29) is 13.2 Å². The van der Waals surface area contributed by atoms with Gasteiger partial charge in [0.05, 0.1) is 30.7 Å². The number of nitrogens with zero attached hydrogens (tertiary/aromatic N) is 1. The van der Waals surface area contributed by atoms with Gasteiger partial charge in [-0.25, -0.2) is 0 Å². The molecular weight excluding hydrogens is 350 g/mol. The highest BCUT2D eigenvalue weighted by Gasteiger charge is 2.61. The van der Waals surface area contributed by atoms with Crippen molar-refractivity contribution in [3.05, 3.63) is 0 Å². The van der Waals surface area contributed by atoms with Crippen LogP contribution < -0.4 is 0 Å². The molecule has 2 aliphatic heterocycles. The summed E-state index contributed by atoms with van der Waals surface area (Å²) in [6.07, 6.45) is -3.42. The number of ether oxygens (including phenoxy) is 3. The number of hydrogen-bond acceptors (Lipinski definition) is 9. The molecule has 0 radical (unpaired) electrons. The molecule has 0 unspecified atom stereocenters. The minimum absolute atomic E-state index is 0.124. The monoisotopic (exact) mass is 377 g/mol. The van der Waals surface area contributed by atoms with E-state index >= 15 is 0 Å². The van der Waals surface area contributed by atoms with Crippen LogP contribution in [0.5, 0.6) is 0 Å².